The summed E-state index contributed by atoms with van der Waals surface area (Å²) in [7, 11) is 4.16. The van der Waals surface area contributed by atoms with Gasteiger partial charge in [-0.3, -0.25) is 0 Å². The van der Waals surface area contributed by atoms with Gasteiger partial charge in [0.15, 0.2) is 0 Å². The molecule has 0 bridgehead atoms. The van der Waals surface area contributed by atoms with Crippen molar-refractivity contribution in [2.45, 2.75) is 18.9 Å². The first-order valence-electron chi connectivity index (χ1n) is 9.28. The molecule has 4 heteroatoms. The second-order valence-corrected chi connectivity index (χ2v) is 7.75. The zero-order chi connectivity index (χ0) is 18.1. The first kappa shape index (κ1) is 17.1. The van der Waals surface area contributed by atoms with E-state index in [1.54, 1.807) is 0 Å². The summed E-state index contributed by atoms with van der Waals surface area (Å²) in [6, 6.07) is 18.6. The Morgan fingerprint density at radius 2 is 1.88 bits per heavy atom. The topological polar surface area (TPSA) is 34.1 Å². The molecule has 0 aromatic heterocycles. The van der Waals surface area contributed by atoms with E-state index in [-0.39, 0.29) is 11.5 Å². The second kappa shape index (κ2) is 6.76. The first-order chi connectivity index (χ1) is 12.6. The third-order valence-corrected chi connectivity index (χ3v) is 5.16. The van der Waals surface area contributed by atoms with Crippen LogP contribution in [0.25, 0.3) is 0 Å². The second-order valence-electron chi connectivity index (χ2n) is 7.75. The minimum absolute atomic E-state index is 0.254. The van der Waals surface area contributed by atoms with E-state index in [0.29, 0.717) is 12.5 Å². The van der Waals surface area contributed by atoms with Crippen LogP contribution in [0.2, 0.25) is 0 Å². The minimum atomic E-state index is -0.285. The molecule has 3 unspecified atom stereocenters. The number of hydrogen-bond donors (Lipinski definition) is 0. The number of fused-ring (bicyclic) bond motifs is 2. The Bertz CT molecular complexity index is 803. The molecule has 0 spiro atoms. The van der Waals surface area contributed by atoms with E-state index in [9.17, 15) is 0 Å². The Labute approximate surface area is 155 Å². The van der Waals surface area contributed by atoms with Crippen LogP contribution in [0.5, 0.6) is 5.75 Å². The van der Waals surface area contributed by atoms with Crippen molar-refractivity contribution in [3.05, 3.63) is 65.7 Å². The largest absolute Gasteiger partial charge is 0.481 e. The Kier molecular flexibility index (Phi) is 4.45. The van der Waals surface area contributed by atoms with E-state index in [1.807, 2.05) is 24.3 Å². The first-order valence-corrected chi connectivity index (χ1v) is 9.28. The molecule has 2 aliphatic rings. The van der Waals surface area contributed by atoms with E-state index in [1.165, 1.54) is 5.56 Å². The molecule has 4 rings (SSSR count). The summed E-state index contributed by atoms with van der Waals surface area (Å²) < 4.78 is 6.45. The van der Waals surface area contributed by atoms with Crippen molar-refractivity contribution in [1.29, 1.82) is 0 Å². The van der Waals surface area contributed by atoms with Crippen molar-refractivity contribution in [1.82, 2.24) is 4.90 Å². The van der Waals surface area contributed by atoms with Gasteiger partial charge in [0.05, 0.1) is 11.6 Å². The Balaban J connectivity index is 1.59. The van der Waals surface area contributed by atoms with Gasteiger partial charge in [0.25, 0.3) is 0 Å². The molecule has 26 heavy (non-hydrogen) atoms. The Morgan fingerprint density at radius 3 is 2.65 bits per heavy atom. The van der Waals surface area contributed by atoms with Gasteiger partial charge in [-0.05, 0) is 31.8 Å². The van der Waals surface area contributed by atoms with Crippen LogP contribution in [0.3, 0.4) is 0 Å². The summed E-state index contributed by atoms with van der Waals surface area (Å²) in [5.74, 6) is 1.58. The number of nitrogens with zero attached hydrogens (tertiary/aromatic N) is 2. The number of benzene rings is 2. The van der Waals surface area contributed by atoms with E-state index in [0.717, 1.165) is 30.0 Å². The fourth-order valence-electron chi connectivity index (χ4n) is 3.95. The Hall–Kier alpha value is -2.33. The molecule has 1 aliphatic carbocycles. The molecule has 1 aliphatic heterocycles. The van der Waals surface area contributed by atoms with Gasteiger partial charge in [0, 0.05) is 24.4 Å². The molecule has 0 N–H and O–H groups in total. The van der Waals surface area contributed by atoms with Crippen LogP contribution in [0.1, 0.15) is 24.5 Å². The standard InChI is InChI=1S/C22H26N2O2/c1-16(14-24(2)3)15-25-23-21-18-11-7-8-12-20(18)26-22(13-19(21)22)17-9-5-4-6-10-17/h4-12,16,19H,13-15H2,1-3H3. The lowest BCUT2D eigenvalue weighted by atomic mass is 9.96. The van der Waals surface area contributed by atoms with E-state index in [2.05, 4.69) is 61.4 Å². The van der Waals surface area contributed by atoms with Crippen LogP contribution in [0.4, 0.5) is 0 Å². The SMILES string of the molecule is CC(CON=C1c2ccccc2OC2(c3ccccc3)CC12)CN(C)C. The van der Waals surface area contributed by atoms with Crippen molar-refractivity contribution in [2.75, 3.05) is 27.2 Å². The zero-order valence-corrected chi connectivity index (χ0v) is 15.7. The smallest absolute Gasteiger partial charge is 0.143 e. The van der Waals surface area contributed by atoms with Crippen molar-refractivity contribution < 1.29 is 9.57 Å². The van der Waals surface area contributed by atoms with Gasteiger partial charge in [-0.15, -0.1) is 0 Å². The van der Waals surface area contributed by atoms with E-state index in [4.69, 9.17) is 9.57 Å². The number of oxime groups is 1. The highest BCUT2D eigenvalue weighted by molar-refractivity contribution is 6.08. The average molecular weight is 350 g/mol. The van der Waals surface area contributed by atoms with Crippen LogP contribution in [0.15, 0.2) is 59.8 Å². The molecule has 1 heterocycles. The monoisotopic (exact) mass is 350 g/mol. The number of para-hydroxylation sites is 1. The summed E-state index contributed by atoms with van der Waals surface area (Å²) in [6.07, 6.45) is 0.946. The molecule has 1 saturated carbocycles. The number of hydrogen-bond acceptors (Lipinski definition) is 4. The predicted octanol–water partition coefficient (Wildman–Crippen LogP) is 3.91. The van der Waals surface area contributed by atoms with E-state index < -0.39 is 0 Å². The number of rotatable bonds is 6. The van der Waals surface area contributed by atoms with Crippen LogP contribution in [0, 0.1) is 11.8 Å². The highest BCUT2D eigenvalue weighted by atomic mass is 16.6. The molecule has 136 valence electrons. The quantitative estimate of drug-likeness (QED) is 0.741. The Morgan fingerprint density at radius 1 is 1.15 bits per heavy atom. The highest BCUT2D eigenvalue weighted by Gasteiger charge is 2.64. The van der Waals surface area contributed by atoms with Gasteiger partial charge in [0.2, 0.25) is 0 Å². The van der Waals surface area contributed by atoms with Crippen LogP contribution in [-0.4, -0.2) is 37.9 Å². The van der Waals surface area contributed by atoms with Gasteiger partial charge in [0.1, 0.15) is 18.0 Å². The molecular formula is C22H26N2O2. The van der Waals surface area contributed by atoms with Crippen molar-refractivity contribution in [3.8, 4) is 5.75 Å². The maximum atomic E-state index is 6.45. The lowest BCUT2D eigenvalue weighted by Crippen LogP contribution is -2.28. The lowest BCUT2D eigenvalue weighted by molar-refractivity contribution is 0.0991. The van der Waals surface area contributed by atoms with Crippen LogP contribution in [-0.2, 0) is 10.4 Å². The zero-order valence-electron chi connectivity index (χ0n) is 15.7. The normalized spacial score (nSPS) is 26.0. The molecule has 0 amide bonds. The molecule has 2 aromatic rings. The van der Waals surface area contributed by atoms with Crippen LogP contribution < -0.4 is 4.74 Å². The maximum Gasteiger partial charge on any atom is 0.143 e. The summed E-state index contributed by atoms with van der Waals surface area (Å²) in [5.41, 5.74) is 3.01. The van der Waals surface area contributed by atoms with Gasteiger partial charge < -0.3 is 14.5 Å². The summed E-state index contributed by atoms with van der Waals surface area (Å²) in [6.45, 7) is 3.79. The molecule has 1 fully saturated rings. The summed E-state index contributed by atoms with van der Waals surface area (Å²) in [4.78, 5) is 7.95. The average Bonchev–Trinajstić information content (AvgIpc) is 3.37. The fourth-order valence-corrected chi connectivity index (χ4v) is 3.95. The molecule has 2 aromatic carbocycles. The molecule has 4 nitrogen and oxygen atoms in total. The van der Waals surface area contributed by atoms with Gasteiger partial charge in [-0.1, -0.05) is 54.5 Å². The fraction of sp³-hybridized carbons (Fsp3) is 0.409. The number of ether oxygens (including phenoxy) is 1. The lowest BCUT2D eigenvalue weighted by Gasteiger charge is -2.27. The molecule has 0 saturated heterocycles. The molecule has 3 atom stereocenters. The predicted molar refractivity (Wildman–Crippen MR) is 104 cm³/mol. The van der Waals surface area contributed by atoms with Crippen molar-refractivity contribution in [3.63, 3.8) is 0 Å². The van der Waals surface area contributed by atoms with Gasteiger partial charge >= 0.3 is 0 Å². The highest BCUT2D eigenvalue weighted by Crippen LogP contribution is 2.60. The third kappa shape index (κ3) is 3.10. The molecular weight excluding hydrogens is 324 g/mol. The van der Waals surface area contributed by atoms with Crippen molar-refractivity contribution >= 4 is 5.71 Å². The summed E-state index contributed by atoms with van der Waals surface area (Å²) in [5, 5.41) is 4.58. The minimum Gasteiger partial charge on any atom is -0.481 e. The van der Waals surface area contributed by atoms with Crippen molar-refractivity contribution in [2.24, 2.45) is 17.0 Å². The molecule has 0 radical (unpaired) electrons. The van der Waals surface area contributed by atoms with E-state index >= 15 is 0 Å². The maximum absolute atomic E-state index is 6.45. The third-order valence-electron chi connectivity index (χ3n) is 5.16. The van der Waals surface area contributed by atoms with Crippen LogP contribution >= 0.6 is 0 Å². The summed E-state index contributed by atoms with van der Waals surface area (Å²) >= 11 is 0. The van der Waals surface area contributed by atoms with Gasteiger partial charge in [-0.25, -0.2) is 0 Å². The van der Waals surface area contributed by atoms with Gasteiger partial charge in [-0.2, -0.15) is 0 Å².